The number of allylic oxidation sites excluding steroid dienone is 1. The van der Waals surface area contributed by atoms with Crippen molar-refractivity contribution < 1.29 is 18.1 Å². The molecule has 28 heavy (non-hydrogen) atoms. The molecule has 3 fully saturated rings. The number of aliphatic hydroxyl groups is 1. The van der Waals surface area contributed by atoms with E-state index in [2.05, 4.69) is 13.8 Å². The maximum absolute atomic E-state index is 11.6. The molecule has 0 unspecified atom stereocenters. The first-order valence-corrected chi connectivity index (χ1v) is 11.3. The van der Waals surface area contributed by atoms with E-state index in [0.29, 0.717) is 31.3 Å². The van der Waals surface area contributed by atoms with Crippen LogP contribution in [0.25, 0.3) is 0 Å². The third kappa shape index (κ3) is 3.22. The molecular formula is C26H42O2. The van der Waals surface area contributed by atoms with Crippen molar-refractivity contribution in [1.82, 2.24) is 0 Å². The first-order chi connectivity index (χ1) is 15.3. The standard InChI is InChI=1S/C26H42O2/c1-17(6-7-18(2)27)21-10-11-22-20-9-8-19-16-24(3,28)14-15-25(19,4)23(20)12-13-26(21,22)5/h8,17,20-23,28H,6-7,9-16H2,1-5H3/t17-,20+,21-,22+,23+,24+,25+,26-/m1/s1/i10D2,14D2,16D2. The van der Waals surface area contributed by atoms with Crippen molar-refractivity contribution >= 4 is 5.78 Å². The van der Waals surface area contributed by atoms with E-state index in [1.807, 2.05) is 13.0 Å². The molecule has 158 valence electrons. The first-order valence-electron chi connectivity index (χ1n) is 14.3. The zero-order valence-electron chi connectivity index (χ0n) is 24.3. The highest BCUT2D eigenvalue weighted by atomic mass is 16.3. The minimum Gasteiger partial charge on any atom is -0.390 e. The van der Waals surface area contributed by atoms with Gasteiger partial charge >= 0.3 is 0 Å². The van der Waals surface area contributed by atoms with Gasteiger partial charge in [0.1, 0.15) is 5.78 Å². The van der Waals surface area contributed by atoms with Crippen molar-refractivity contribution in [2.75, 3.05) is 0 Å². The van der Waals surface area contributed by atoms with Crippen molar-refractivity contribution in [2.45, 2.75) is 104 Å². The van der Waals surface area contributed by atoms with Crippen molar-refractivity contribution in [3.8, 4) is 0 Å². The Hall–Kier alpha value is -0.630. The lowest BCUT2D eigenvalue weighted by Crippen LogP contribution is -2.52. The van der Waals surface area contributed by atoms with E-state index in [1.54, 1.807) is 6.92 Å². The number of carbonyl (C=O) groups excluding carboxylic acids is 1. The molecule has 4 aliphatic rings. The number of fused-ring (bicyclic) bond motifs is 5. The van der Waals surface area contributed by atoms with Crippen molar-refractivity contribution in [1.29, 1.82) is 0 Å². The van der Waals surface area contributed by atoms with Gasteiger partial charge in [0, 0.05) is 14.6 Å². The van der Waals surface area contributed by atoms with Crippen LogP contribution in [0.1, 0.15) is 107 Å². The van der Waals surface area contributed by atoms with Gasteiger partial charge in [-0.15, -0.1) is 0 Å². The Labute approximate surface area is 181 Å². The maximum Gasteiger partial charge on any atom is 0.129 e. The molecule has 0 saturated heterocycles. The zero-order chi connectivity index (χ0) is 25.7. The molecule has 4 aliphatic carbocycles. The molecule has 4 rings (SSSR count). The molecule has 2 heteroatoms. The number of Topliss-reactive ketones (excluding diaryl/α,β-unsaturated/α-hetero) is 1. The average molecular weight is 393 g/mol. The number of rotatable bonds is 4. The molecule has 0 aliphatic heterocycles. The molecule has 0 aromatic heterocycles. The number of hydrogen-bond acceptors (Lipinski definition) is 2. The van der Waals surface area contributed by atoms with E-state index in [-0.39, 0.29) is 47.2 Å². The smallest absolute Gasteiger partial charge is 0.129 e. The third-order valence-electron chi connectivity index (χ3n) is 8.87. The summed E-state index contributed by atoms with van der Waals surface area (Å²) in [4.78, 5) is 11.6. The topological polar surface area (TPSA) is 37.3 Å². The summed E-state index contributed by atoms with van der Waals surface area (Å²) in [6.45, 7) is 9.20. The summed E-state index contributed by atoms with van der Waals surface area (Å²) >= 11 is 0. The van der Waals surface area contributed by atoms with Crippen molar-refractivity contribution in [3.05, 3.63) is 11.6 Å². The Bertz CT molecular complexity index is 896. The molecule has 3 saturated carbocycles. The summed E-state index contributed by atoms with van der Waals surface area (Å²) in [5.74, 6) is 0.485. The van der Waals surface area contributed by atoms with Gasteiger partial charge in [0.15, 0.2) is 0 Å². The fourth-order valence-electron chi connectivity index (χ4n) is 7.23. The summed E-state index contributed by atoms with van der Waals surface area (Å²) in [6, 6.07) is 0. The predicted octanol–water partition coefficient (Wildman–Crippen LogP) is 6.32. The summed E-state index contributed by atoms with van der Waals surface area (Å²) < 4.78 is 52.8. The van der Waals surface area contributed by atoms with Crippen LogP contribution in [0.4, 0.5) is 0 Å². The highest BCUT2D eigenvalue weighted by molar-refractivity contribution is 5.75. The lowest BCUT2D eigenvalue weighted by atomic mass is 9.46. The summed E-state index contributed by atoms with van der Waals surface area (Å²) in [5, 5.41) is 11.0. The third-order valence-corrected chi connectivity index (χ3v) is 8.87. The number of ketones is 1. The van der Waals surface area contributed by atoms with Crippen LogP contribution >= 0.6 is 0 Å². The number of carbonyl (C=O) groups is 1. The fraction of sp³-hybridized carbons (Fsp3) is 0.885. The maximum atomic E-state index is 11.6. The highest BCUT2D eigenvalue weighted by Crippen LogP contribution is 2.67. The van der Waals surface area contributed by atoms with Crippen LogP contribution in [0, 0.1) is 40.4 Å². The Balaban J connectivity index is 1.72. The number of hydrogen-bond donors (Lipinski definition) is 1. The van der Waals surface area contributed by atoms with Crippen LogP contribution in [-0.2, 0) is 4.79 Å². The summed E-state index contributed by atoms with van der Waals surface area (Å²) in [6.07, 6.45) is 0.395. The van der Waals surface area contributed by atoms with Crippen LogP contribution in [0.5, 0.6) is 0 Å². The lowest BCUT2D eigenvalue weighted by molar-refractivity contribution is -0.117. The molecule has 0 aromatic rings. The van der Waals surface area contributed by atoms with Crippen LogP contribution in [0.15, 0.2) is 11.6 Å². The second kappa shape index (κ2) is 6.96. The van der Waals surface area contributed by atoms with E-state index in [4.69, 9.17) is 8.22 Å². The van der Waals surface area contributed by atoms with Gasteiger partial charge in [0.05, 0.1) is 5.60 Å². The summed E-state index contributed by atoms with van der Waals surface area (Å²) in [7, 11) is 0. The Morgan fingerprint density at radius 2 is 2.04 bits per heavy atom. The van der Waals surface area contributed by atoms with E-state index in [1.165, 1.54) is 6.92 Å². The molecular weight excluding hydrogens is 344 g/mol. The van der Waals surface area contributed by atoms with Crippen LogP contribution in [-0.4, -0.2) is 16.5 Å². The van der Waals surface area contributed by atoms with Gasteiger partial charge < -0.3 is 9.90 Å². The monoisotopic (exact) mass is 392 g/mol. The average Bonchev–Trinajstić information content (AvgIpc) is 2.89. The van der Waals surface area contributed by atoms with Gasteiger partial charge in [0.25, 0.3) is 0 Å². The molecule has 2 nitrogen and oxygen atoms in total. The SMILES string of the molecule is [2H]C1([2H])C[C@H]2[C@@H]3CC=C4C([2H])([2H])[C@@](C)(O)C([2H])([2H])C[C@]4(C)[C@H]3CC[C@]2(C)[C@H]1[C@H](C)CCC(C)=O. The fourth-order valence-corrected chi connectivity index (χ4v) is 7.23. The predicted molar refractivity (Wildman–Crippen MR) is 115 cm³/mol. The molecule has 0 radical (unpaired) electrons. The van der Waals surface area contributed by atoms with Crippen LogP contribution in [0.2, 0.25) is 0 Å². The lowest BCUT2D eigenvalue weighted by Gasteiger charge is -2.59. The quantitative estimate of drug-likeness (QED) is 0.568. The molecule has 0 aromatic carbocycles. The first kappa shape index (κ1) is 14.4. The Kier molecular flexibility index (Phi) is 3.58. The van der Waals surface area contributed by atoms with Crippen LogP contribution < -0.4 is 0 Å². The highest BCUT2D eigenvalue weighted by Gasteiger charge is 2.59. The Morgan fingerprint density at radius 3 is 2.75 bits per heavy atom. The summed E-state index contributed by atoms with van der Waals surface area (Å²) in [5.41, 5.74) is -2.47. The van der Waals surface area contributed by atoms with E-state index in [9.17, 15) is 9.90 Å². The largest absolute Gasteiger partial charge is 0.390 e. The molecule has 1 N–H and O–H groups in total. The molecule has 8 atom stereocenters. The van der Waals surface area contributed by atoms with E-state index < -0.39 is 30.1 Å². The van der Waals surface area contributed by atoms with Gasteiger partial charge in [-0.2, -0.15) is 0 Å². The van der Waals surface area contributed by atoms with Crippen molar-refractivity contribution in [3.63, 3.8) is 0 Å². The Morgan fingerprint density at radius 1 is 1.29 bits per heavy atom. The van der Waals surface area contributed by atoms with Gasteiger partial charge in [-0.1, -0.05) is 32.4 Å². The molecule has 0 bridgehead atoms. The zero-order valence-corrected chi connectivity index (χ0v) is 18.3. The van der Waals surface area contributed by atoms with Gasteiger partial charge in [-0.05, 0) is 112 Å². The second-order valence-electron chi connectivity index (χ2n) is 10.8. The second-order valence-corrected chi connectivity index (χ2v) is 10.8. The van der Waals surface area contributed by atoms with Crippen LogP contribution in [0.3, 0.4) is 0 Å². The molecule has 0 heterocycles. The minimum absolute atomic E-state index is 0.0638. The normalized spacial score (nSPS) is 57.4. The minimum atomic E-state index is -2.16. The van der Waals surface area contributed by atoms with Crippen molar-refractivity contribution in [2.24, 2.45) is 40.4 Å². The molecule has 0 spiro atoms. The molecule has 0 amide bonds. The van der Waals surface area contributed by atoms with Gasteiger partial charge in [-0.3, -0.25) is 0 Å². The van der Waals surface area contributed by atoms with Gasteiger partial charge in [0.2, 0.25) is 0 Å². The van der Waals surface area contributed by atoms with E-state index >= 15 is 0 Å². The van der Waals surface area contributed by atoms with Gasteiger partial charge in [-0.25, -0.2) is 0 Å². The van der Waals surface area contributed by atoms with E-state index in [0.717, 1.165) is 12.8 Å².